The Morgan fingerprint density at radius 2 is 2.38 bits per heavy atom. The molecule has 0 saturated heterocycles. The molecule has 1 unspecified atom stereocenters. The Hall–Kier alpha value is 0.1000. The van der Waals surface area contributed by atoms with Crippen LogP contribution in [0.4, 0.5) is 0 Å². The van der Waals surface area contributed by atoms with Crippen LogP contribution in [0.3, 0.4) is 0 Å². The van der Waals surface area contributed by atoms with Crippen molar-refractivity contribution < 1.29 is 4.74 Å². The van der Waals surface area contributed by atoms with Crippen molar-refractivity contribution in [1.29, 1.82) is 0 Å². The third kappa shape index (κ3) is 5.43. The van der Waals surface area contributed by atoms with Gasteiger partial charge in [-0.05, 0) is 40.9 Å². The molecule has 0 saturated carbocycles. The van der Waals surface area contributed by atoms with Gasteiger partial charge in [0.2, 0.25) is 0 Å². The van der Waals surface area contributed by atoms with Gasteiger partial charge in [-0.15, -0.1) is 11.3 Å². The number of ether oxygens (including phenoxy) is 1. The third-order valence-electron chi connectivity index (χ3n) is 2.60. The summed E-state index contributed by atoms with van der Waals surface area (Å²) in [5.74, 6) is 0.724. The highest BCUT2D eigenvalue weighted by atomic mass is 79.9. The van der Waals surface area contributed by atoms with Crippen molar-refractivity contribution in [1.82, 2.24) is 5.32 Å². The van der Waals surface area contributed by atoms with Crippen molar-refractivity contribution in [2.45, 2.75) is 19.8 Å². The van der Waals surface area contributed by atoms with E-state index < -0.39 is 0 Å². The summed E-state index contributed by atoms with van der Waals surface area (Å²) < 4.78 is 6.22. The van der Waals surface area contributed by atoms with Crippen molar-refractivity contribution in [3.63, 3.8) is 0 Å². The fraction of sp³-hybridized carbons (Fsp3) is 0.667. The molecule has 4 heteroatoms. The molecule has 0 bridgehead atoms. The molecule has 1 heterocycles. The number of hydrogen-bond acceptors (Lipinski definition) is 3. The van der Waals surface area contributed by atoms with Crippen molar-refractivity contribution in [2.24, 2.45) is 5.92 Å². The molecule has 1 aromatic rings. The summed E-state index contributed by atoms with van der Waals surface area (Å²) in [6.07, 6.45) is 2.39. The van der Waals surface area contributed by atoms with E-state index in [0.29, 0.717) is 0 Å². The van der Waals surface area contributed by atoms with E-state index in [0.717, 1.165) is 25.6 Å². The molecule has 92 valence electrons. The van der Waals surface area contributed by atoms with E-state index in [2.05, 4.69) is 39.6 Å². The van der Waals surface area contributed by atoms with Gasteiger partial charge in [-0.2, -0.15) is 0 Å². The second-order valence-corrected chi connectivity index (χ2v) is 5.82. The van der Waals surface area contributed by atoms with Crippen molar-refractivity contribution >= 4 is 27.3 Å². The van der Waals surface area contributed by atoms with E-state index >= 15 is 0 Å². The predicted molar refractivity (Wildman–Crippen MR) is 74.2 cm³/mol. The Morgan fingerprint density at radius 3 is 2.94 bits per heavy atom. The Balaban J connectivity index is 2.26. The summed E-state index contributed by atoms with van der Waals surface area (Å²) in [6, 6.07) is 2.22. The highest BCUT2D eigenvalue weighted by Gasteiger charge is 2.08. The molecule has 0 aromatic carbocycles. The van der Waals surface area contributed by atoms with Crippen molar-refractivity contribution in [3.8, 4) is 0 Å². The number of rotatable bonds is 8. The second-order valence-electron chi connectivity index (χ2n) is 3.91. The molecule has 16 heavy (non-hydrogen) atoms. The normalized spacial score (nSPS) is 12.9. The molecule has 0 aliphatic carbocycles. The molecule has 1 aromatic heterocycles. The number of thiophene rings is 1. The van der Waals surface area contributed by atoms with E-state index in [-0.39, 0.29) is 0 Å². The number of halogens is 1. The molecule has 1 atom stereocenters. The predicted octanol–water partition coefficient (Wildman–Crippen LogP) is 3.32. The zero-order chi connectivity index (χ0) is 11.8. The van der Waals surface area contributed by atoms with Gasteiger partial charge in [0, 0.05) is 28.4 Å². The molecule has 0 radical (unpaired) electrons. The van der Waals surface area contributed by atoms with Gasteiger partial charge >= 0.3 is 0 Å². The first kappa shape index (κ1) is 14.2. The Kier molecular flexibility index (Phi) is 7.28. The molecular weight excluding hydrogens is 286 g/mol. The lowest BCUT2D eigenvalue weighted by molar-refractivity contribution is 0.197. The fourth-order valence-corrected chi connectivity index (χ4v) is 3.15. The molecule has 0 fully saturated rings. The summed E-state index contributed by atoms with van der Waals surface area (Å²) in [7, 11) is 1.74. The van der Waals surface area contributed by atoms with Crippen LogP contribution in [0.25, 0.3) is 0 Å². The van der Waals surface area contributed by atoms with Crippen LogP contribution in [0.5, 0.6) is 0 Å². The van der Waals surface area contributed by atoms with E-state index in [1.165, 1.54) is 22.2 Å². The maximum absolute atomic E-state index is 5.01. The standard InChI is InChI=1S/C12H20BrNOS/c1-3-10(8-14-4-5-15-2)6-12-7-11(13)9-16-12/h7,9-10,14H,3-6,8H2,1-2H3. The number of nitrogens with one attached hydrogen (secondary N) is 1. The van der Waals surface area contributed by atoms with Crippen molar-refractivity contribution in [3.05, 3.63) is 20.8 Å². The summed E-state index contributed by atoms with van der Waals surface area (Å²) in [5, 5.41) is 5.59. The van der Waals surface area contributed by atoms with Crippen LogP contribution in [0.2, 0.25) is 0 Å². The minimum atomic E-state index is 0.724. The van der Waals surface area contributed by atoms with Gasteiger partial charge in [0.15, 0.2) is 0 Å². The average Bonchev–Trinajstić information content (AvgIpc) is 2.68. The zero-order valence-corrected chi connectivity index (χ0v) is 12.4. The van der Waals surface area contributed by atoms with Crippen LogP contribution in [-0.4, -0.2) is 26.8 Å². The summed E-state index contributed by atoms with van der Waals surface area (Å²) in [4.78, 5) is 1.47. The maximum Gasteiger partial charge on any atom is 0.0587 e. The van der Waals surface area contributed by atoms with Crippen LogP contribution in [0, 0.1) is 5.92 Å². The van der Waals surface area contributed by atoms with E-state index in [9.17, 15) is 0 Å². The molecule has 2 nitrogen and oxygen atoms in total. The Bertz CT molecular complexity index is 290. The van der Waals surface area contributed by atoms with Gasteiger partial charge in [-0.1, -0.05) is 13.3 Å². The second kappa shape index (κ2) is 8.23. The highest BCUT2D eigenvalue weighted by Crippen LogP contribution is 2.23. The number of hydrogen-bond donors (Lipinski definition) is 1. The van der Waals surface area contributed by atoms with Crippen molar-refractivity contribution in [2.75, 3.05) is 26.8 Å². The van der Waals surface area contributed by atoms with Crippen LogP contribution in [0.15, 0.2) is 15.9 Å². The first-order valence-corrected chi connectivity index (χ1v) is 7.36. The summed E-state index contributed by atoms with van der Waals surface area (Å²) in [6.45, 7) is 5.07. The van der Waals surface area contributed by atoms with Gasteiger partial charge in [0.25, 0.3) is 0 Å². The molecule has 0 aliphatic rings. The quantitative estimate of drug-likeness (QED) is 0.744. The highest BCUT2D eigenvalue weighted by molar-refractivity contribution is 9.10. The smallest absolute Gasteiger partial charge is 0.0587 e. The van der Waals surface area contributed by atoms with Gasteiger partial charge in [0.05, 0.1) is 6.61 Å². The first-order chi connectivity index (χ1) is 7.76. The average molecular weight is 306 g/mol. The van der Waals surface area contributed by atoms with E-state index in [4.69, 9.17) is 4.74 Å². The Morgan fingerprint density at radius 1 is 1.56 bits per heavy atom. The van der Waals surface area contributed by atoms with Crippen LogP contribution >= 0.6 is 27.3 Å². The van der Waals surface area contributed by atoms with E-state index in [1.54, 1.807) is 7.11 Å². The third-order valence-corrected chi connectivity index (χ3v) is 4.32. The topological polar surface area (TPSA) is 21.3 Å². The molecule has 0 spiro atoms. The fourth-order valence-electron chi connectivity index (χ4n) is 1.59. The van der Waals surface area contributed by atoms with Crippen LogP contribution in [-0.2, 0) is 11.2 Å². The van der Waals surface area contributed by atoms with Gasteiger partial charge in [0.1, 0.15) is 0 Å². The minimum absolute atomic E-state index is 0.724. The van der Waals surface area contributed by atoms with Crippen LogP contribution in [0.1, 0.15) is 18.2 Å². The van der Waals surface area contributed by atoms with Crippen LogP contribution < -0.4 is 5.32 Å². The van der Waals surface area contributed by atoms with Gasteiger partial charge in [-0.3, -0.25) is 0 Å². The summed E-state index contributed by atoms with van der Waals surface area (Å²) >= 11 is 5.33. The maximum atomic E-state index is 5.01. The monoisotopic (exact) mass is 305 g/mol. The summed E-state index contributed by atoms with van der Waals surface area (Å²) in [5.41, 5.74) is 0. The largest absolute Gasteiger partial charge is 0.383 e. The number of methoxy groups -OCH3 is 1. The minimum Gasteiger partial charge on any atom is -0.383 e. The lowest BCUT2D eigenvalue weighted by atomic mass is 10.0. The molecule has 1 N–H and O–H groups in total. The first-order valence-electron chi connectivity index (χ1n) is 5.68. The zero-order valence-electron chi connectivity index (χ0n) is 9.96. The van der Waals surface area contributed by atoms with Gasteiger partial charge < -0.3 is 10.1 Å². The Labute approximate surface area is 111 Å². The lowest BCUT2D eigenvalue weighted by Crippen LogP contribution is -2.26. The van der Waals surface area contributed by atoms with Gasteiger partial charge in [-0.25, -0.2) is 0 Å². The molecule has 0 amide bonds. The van der Waals surface area contributed by atoms with E-state index in [1.807, 2.05) is 11.3 Å². The lowest BCUT2D eigenvalue weighted by Gasteiger charge is -2.14. The molecule has 1 rings (SSSR count). The molecular formula is C12H20BrNOS. The SMILES string of the molecule is CCC(CNCCOC)Cc1cc(Br)cs1. The molecule has 0 aliphatic heterocycles.